The molecule has 2 aromatic heterocycles. The maximum atomic E-state index is 13.2. The lowest BCUT2D eigenvalue weighted by Gasteiger charge is -2.15. The number of hydrogen-bond donors (Lipinski definition) is 1. The molecule has 4 aromatic rings. The van der Waals surface area contributed by atoms with E-state index >= 15 is 0 Å². The van der Waals surface area contributed by atoms with Crippen molar-refractivity contribution in [3.8, 4) is 5.69 Å². The summed E-state index contributed by atoms with van der Waals surface area (Å²) in [5.74, 6) is -0.0982. The molecule has 4 rings (SSSR count). The van der Waals surface area contributed by atoms with Gasteiger partial charge in [0.1, 0.15) is 17.0 Å². The van der Waals surface area contributed by atoms with Gasteiger partial charge in [0.2, 0.25) is 0 Å². The van der Waals surface area contributed by atoms with Gasteiger partial charge in [-0.25, -0.2) is 0 Å². The highest BCUT2D eigenvalue weighted by Crippen LogP contribution is 2.30. The van der Waals surface area contributed by atoms with Crippen LogP contribution in [0.1, 0.15) is 27.4 Å². The van der Waals surface area contributed by atoms with Crippen LogP contribution in [0.25, 0.3) is 16.6 Å². The normalized spacial score (nSPS) is 11.6. The highest BCUT2D eigenvalue weighted by molar-refractivity contribution is 5.97. The third-order valence-corrected chi connectivity index (χ3v) is 4.69. The third-order valence-electron chi connectivity index (χ3n) is 4.69. The highest BCUT2D eigenvalue weighted by atomic mass is 19.4. The van der Waals surface area contributed by atoms with Crippen molar-refractivity contribution in [3.05, 3.63) is 93.6 Å². The molecule has 31 heavy (non-hydrogen) atoms. The number of pyridine rings is 1. The molecule has 0 aliphatic rings. The second-order valence-electron chi connectivity index (χ2n) is 6.92. The number of para-hydroxylation sites is 1. The van der Waals surface area contributed by atoms with Gasteiger partial charge in [0, 0.05) is 11.8 Å². The van der Waals surface area contributed by atoms with E-state index in [4.69, 9.17) is 4.52 Å². The summed E-state index contributed by atoms with van der Waals surface area (Å²) in [5.41, 5.74) is -0.946. The maximum Gasteiger partial charge on any atom is 0.416 e. The molecule has 0 bridgehead atoms. The van der Waals surface area contributed by atoms with Crippen LogP contribution in [0.4, 0.5) is 13.2 Å². The minimum absolute atomic E-state index is 0.0119. The number of nitrogens with zero attached hydrogens (tertiary/aromatic N) is 2. The number of halogens is 3. The number of rotatable bonds is 4. The highest BCUT2D eigenvalue weighted by Gasteiger charge is 2.31. The van der Waals surface area contributed by atoms with E-state index in [0.29, 0.717) is 22.4 Å². The van der Waals surface area contributed by atoms with Gasteiger partial charge in [0.15, 0.2) is 0 Å². The van der Waals surface area contributed by atoms with E-state index in [1.165, 1.54) is 18.2 Å². The third kappa shape index (κ3) is 4.07. The molecular formula is C22H16F3N3O3. The Morgan fingerprint density at radius 3 is 2.58 bits per heavy atom. The number of amides is 1. The van der Waals surface area contributed by atoms with Crippen LogP contribution in [-0.2, 0) is 12.7 Å². The molecule has 1 N–H and O–H groups in total. The molecule has 0 radical (unpaired) electrons. The molecule has 0 aliphatic carbocycles. The first kappa shape index (κ1) is 20.4. The zero-order valence-corrected chi connectivity index (χ0v) is 16.2. The lowest BCUT2D eigenvalue weighted by atomic mass is 10.1. The van der Waals surface area contributed by atoms with Crippen molar-refractivity contribution < 1.29 is 22.5 Å². The van der Waals surface area contributed by atoms with Crippen LogP contribution in [0.5, 0.6) is 0 Å². The second-order valence-corrected chi connectivity index (χ2v) is 6.92. The first-order valence-electron chi connectivity index (χ1n) is 9.27. The molecule has 0 unspecified atom stereocenters. The Kier molecular flexibility index (Phi) is 5.10. The molecule has 6 nitrogen and oxygen atoms in total. The molecule has 0 saturated heterocycles. The standard InChI is InChI=1S/C22H16F3N3O3/c1-13-9-16(27-31-13)12-26-20(29)18-10-14-5-2-3-8-19(14)28(21(18)30)17-7-4-6-15(11-17)22(23,24)25/h2-11H,12H2,1H3,(H,26,29). The average Bonchev–Trinajstić information content (AvgIpc) is 3.16. The number of carbonyl (C=O) groups is 1. The topological polar surface area (TPSA) is 77.1 Å². The molecule has 9 heteroatoms. The molecule has 0 aliphatic heterocycles. The Hall–Kier alpha value is -3.88. The van der Waals surface area contributed by atoms with Gasteiger partial charge in [-0.1, -0.05) is 29.4 Å². The lowest BCUT2D eigenvalue weighted by Crippen LogP contribution is -2.32. The number of aromatic nitrogens is 2. The molecule has 0 fully saturated rings. The van der Waals surface area contributed by atoms with Crippen LogP contribution < -0.4 is 10.9 Å². The van der Waals surface area contributed by atoms with Crippen molar-refractivity contribution in [3.63, 3.8) is 0 Å². The minimum atomic E-state index is -4.57. The number of fused-ring (bicyclic) bond motifs is 1. The Morgan fingerprint density at radius 1 is 1.10 bits per heavy atom. The van der Waals surface area contributed by atoms with Gasteiger partial charge in [-0.2, -0.15) is 13.2 Å². The number of aryl methyl sites for hydroxylation is 1. The molecule has 2 heterocycles. The van der Waals surface area contributed by atoms with Gasteiger partial charge in [0.05, 0.1) is 17.6 Å². The van der Waals surface area contributed by atoms with Crippen molar-refractivity contribution in [2.75, 3.05) is 0 Å². The quantitative estimate of drug-likeness (QED) is 0.529. The van der Waals surface area contributed by atoms with E-state index in [9.17, 15) is 22.8 Å². The van der Waals surface area contributed by atoms with Gasteiger partial charge in [-0.15, -0.1) is 0 Å². The maximum absolute atomic E-state index is 13.2. The van der Waals surface area contributed by atoms with E-state index in [-0.39, 0.29) is 17.8 Å². The van der Waals surface area contributed by atoms with Crippen LogP contribution in [0, 0.1) is 6.92 Å². The summed E-state index contributed by atoms with van der Waals surface area (Å²) < 4.78 is 45.7. The Labute approximate surface area is 173 Å². The number of carbonyl (C=O) groups excluding carboxylic acids is 1. The number of hydrogen-bond acceptors (Lipinski definition) is 4. The first-order chi connectivity index (χ1) is 14.7. The van der Waals surface area contributed by atoms with E-state index in [1.54, 1.807) is 37.3 Å². The predicted octanol–water partition coefficient (Wildman–Crippen LogP) is 4.24. The smallest absolute Gasteiger partial charge is 0.361 e. The summed E-state index contributed by atoms with van der Waals surface area (Å²) in [6.45, 7) is 1.74. The van der Waals surface area contributed by atoms with Crippen LogP contribution in [0.2, 0.25) is 0 Å². The van der Waals surface area contributed by atoms with Gasteiger partial charge in [-0.3, -0.25) is 14.2 Å². The molecule has 2 aromatic carbocycles. The molecular weight excluding hydrogens is 411 g/mol. The predicted molar refractivity (Wildman–Crippen MR) is 107 cm³/mol. The largest absolute Gasteiger partial charge is 0.416 e. The molecule has 1 amide bonds. The number of alkyl halides is 3. The summed E-state index contributed by atoms with van der Waals surface area (Å²) in [5, 5.41) is 6.90. The Bertz CT molecular complexity index is 1340. The van der Waals surface area contributed by atoms with Crippen molar-refractivity contribution in [2.24, 2.45) is 0 Å². The van der Waals surface area contributed by atoms with E-state index < -0.39 is 23.2 Å². The fraction of sp³-hybridized carbons (Fsp3) is 0.136. The average molecular weight is 427 g/mol. The summed E-state index contributed by atoms with van der Waals surface area (Å²) >= 11 is 0. The minimum Gasteiger partial charge on any atom is -0.361 e. The van der Waals surface area contributed by atoms with Gasteiger partial charge in [-0.05, 0) is 42.6 Å². The molecule has 158 valence electrons. The summed E-state index contributed by atoms with van der Waals surface area (Å²) in [7, 11) is 0. The molecule has 0 saturated carbocycles. The molecule has 0 atom stereocenters. The van der Waals surface area contributed by atoms with Crippen molar-refractivity contribution >= 4 is 16.8 Å². The number of benzene rings is 2. The van der Waals surface area contributed by atoms with E-state index in [1.807, 2.05) is 0 Å². The fourth-order valence-corrected chi connectivity index (χ4v) is 3.27. The first-order valence-corrected chi connectivity index (χ1v) is 9.27. The van der Waals surface area contributed by atoms with Crippen molar-refractivity contribution in [1.29, 1.82) is 0 Å². The van der Waals surface area contributed by atoms with E-state index in [2.05, 4.69) is 10.5 Å². The van der Waals surface area contributed by atoms with Crippen molar-refractivity contribution in [1.82, 2.24) is 15.0 Å². The summed E-state index contributed by atoms with van der Waals surface area (Å²) in [6.07, 6.45) is -4.57. The molecule has 0 spiro atoms. The van der Waals surface area contributed by atoms with Crippen LogP contribution >= 0.6 is 0 Å². The monoisotopic (exact) mass is 427 g/mol. The fourth-order valence-electron chi connectivity index (χ4n) is 3.27. The van der Waals surface area contributed by atoms with Gasteiger partial charge < -0.3 is 9.84 Å². The van der Waals surface area contributed by atoms with E-state index in [0.717, 1.165) is 16.7 Å². The zero-order valence-electron chi connectivity index (χ0n) is 16.2. The lowest BCUT2D eigenvalue weighted by molar-refractivity contribution is -0.137. The van der Waals surface area contributed by atoms with Crippen LogP contribution in [0.3, 0.4) is 0 Å². The SMILES string of the molecule is Cc1cc(CNC(=O)c2cc3ccccc3n(-c3cccc(C(F)(F)F)c3)c2=O)no1. The second kappa shape index (κ2) is 7.75. The van der Waals surface area contributed by atoms with Gasteiger partial charge in [0.25, 0.3) is 11.5 Å². The Morgan fingerprint density at radius 2 is 1.87 bits per heavy atom. The zero-order chi connectivity index (χ0) is 22.2. The Balaban J connectivity index is 1.81. The summed E-state index contributed by atoms with van der Waals surface area (Å²) in [6, 6.07) is 14.1. The van der Waals surface area contributed by atoms with Crippen LogP contribution in [-0.4, -0.2) is 15.6 Å². The number of nitrogens with one attached hydrogen (secondary N) is 1. The van der Waals surface area contributed by atoms with Gasteiger partial charge >= 0.3 is 6.18 Å². The summed E-state index contributed by atoms with van der Waals surface area (Å²) in [4.78, 5) is 25.9. The van der Waals surface area contributed by atoms with Crippen LogP contribution in [0.15, 0.2) is 70.0 Å². The van der Waals surface area contributed by atoms with Crippen molar-refractivity contribution in [2.45, 2.75) is 19.6 Å².